The lowest BCUT2D eigenvalue weighted by Crippen LogP contribution is -2.49. The Labute approximate surface area is 156 Å². The van der Waals surface area contributed by atoms with Gasteiger partial charge in [0.1, 0.15) is 5.82 Å². The summed E-state index contributed by atoms with van der Waals surface area (Å²) in [5, 5.41) is 14.0. The molecule has 1 saturated heterocycles. The topological polar surface area (TPSA) is 75.4 Å². The van der Waals surface area contributed by atoms with E-state index >= 15 is 0 Å². The van der Waals surface area contributed by atoms with Gasteiger partial charge in [0.15, 0.2) is 5.69 Å². The van der Waals surface area contributed by atoms with E-state index in [1.54, 1.807) is 28.6 Å². The maximum absolute atomic E-state index is 13.7. The molecule has 0 radical (unpaired) electrons. The number of piperidine rings is 1. The molecule has 4 rings (SSSR count). The summed E-state index contributed by atoms with van der Waals surface area (Å²) >= 11 is 0. The summed E-state index contributed by atoms with van der Waals surface area (Å²) in [6, 6.07) is 5.80. The van der Waals surface area contributed by atoms with Gasteiger partial charge in [-0.05, 0) is 57.2 Å². The number of carbonyl (C=O) groups is 2. The average molecular weight is 371 g/mol. The zero-order valence-electron chi connectivity index (χ0n) is 15.2. The van der Waals surface area contributed by atoms with E-state index in [-0.39, 0.29) is 17.8 Å². The number of carbonyl (C=O) groups excluding carboxylic acids is 1. The summed E-state index contributed by atoms with van der Waals surface area (Å²) in [7, 11) is 0. The highest BCUT2D eigenvalue weighted by atomic mass is 19.1. The van der Waals surface area contributed by atoms with Crippen LogP contribution in [0.4, 0.5) is 4.39 Å². The van der Waals surface area contributed by atoms with E-state index in [9.17, 15) is 19.1 Å². The number of likely N-dealkylation sites (tertiary alicyclic amines) is 1. The van der Waals surface area contributed by atoms with Crippen molar-refractivity contribution in [3.63, 3.8) is 0 Å². The van der Waals surface area contributed by atoms with Gasteiger partial charge >= 0.3 is 5.97 Å². The molecule has 0 saturated carbocycles. The van der Waals surface area contributed by atoms with E-state index in [2.05, 4.69) is 5.10 Å². The van der Waals surface area contributed by atoms with Gasteiger partial charge in [-0.25, -0.2) is 9.07 Å². The fraction of sp³-hybridized carbons (Fsp3) is 0.450. The summed E-state index contributed by atoms with van der Waals surface area (Å²) in [5.41, 5.74) is 2.84. The molecule has 1 N–H and O–H groups in total. The summed E-state index contributed by atoms with van der Waals surface area (Å²) in [5.74, 6) is -1.99. The second-order valence-electron chi connectivity index (χ2n) is 7.35. The first-order valence-corrected chi connectivity index (χ1v) is 9.38. The van der Waals surface area contributed by atoms with Crippen molar-refractivity contribution in [3.05, 3.63) is 47.0 Å². The van der Waals surface area contributed by atoms with Crippen molar-refractivity contribution in [1.82, 2.24) is 14.7 Å². The van der Waals surface area contributed by atoms with Crippen LogP contribution >= 0.6 is 0 Å². The van der Waals surface area contributed by atoms with Gasteiger partial charge in [0.05, 0.1) is 11.6 Å². The number of carboxylic acid groups (broad SMARTS) is 1. The van der Waals surface area contributed by atoms with Crippen molar-refractivity contribution < 1.29 is 19.1 Å². The molecular weight excluding hydrogens is 349 g/mol. The van der Waals surface area contributed by atoms with E-state index in [1.807, 2.05) is 0 Å². The molecule has 142 valence electrons. The number of benzene rings is 1. The SMILES string of the molecule is C[C@@H]1[C@H](C(=O)O)CCCN1C(=O)c1nn(-c2cccc(F)c2)c2c1CCC2. The molecule has 2 aliphatic rings. The van der Waals surface area contributed by atoms with Gasteiger partial charge in [-0.3, -0.25) is 9.59 Å². The Bertz CT molecular complexity index is 908. The lowest BCUT2D eigenvalue weighted by Gasteiger charge is -2.37. The summed E-state index contributed by atoms with van der Waals surface area (Å²) in [6.07, 6.45) is 3.72. The first kappa shape index (κ1) is 17.7. The highest BCUT2D eigenvalue weighted by molar-refractivity contribution is 5.95. The van der Waals surface area contributed by atoms with Crippen LogP contribution in [-0.4, -0.2) is 44.3 Å². The Morgan fingerprint density at radius 2 is 2.07 bits per heavy atom. The molecule has 0 spiro atoms. The number of hydrogen-bond acceptors (Lipinski definition) is 3. The maximum atomic E-state index is 13.7. The molecular formula is C20H22FN3O3. The van der Waals surface area contributed by atoms with Crippen molar-refractivity contribution in [2.45, 2.75) is 45.1 Å². The minimum atomic E-state index is -0.865. The molecule has 0 unspecified atom stereocenters. The van der Waals surface area contributed by atoms with Gasteiger partial charge in [0.25, 0.3) is 5.91 Å². The van der Waals surface area contributed by atoms with Crippen LogP contribution < -0.4 is 0 Å². The zero-order chi connectivity index (χ0) is 19.1. The van der Waals surface area contributed by atoms with Crippen LogP contribution in [0, 0.1) is 11.7 Å². The maximum Gasteiger partial charge on any atom is 0.308 e. The lowest BCUT2D eigenvalue weighted by molar-refractivity contribution is -0.144. The number of fused-ring (bicyclic) bond motifs is 1. The molecule has 2 aromatic rings. The van der Waals surface area contributed by atoms with Crippen LogP contribution in [-0.2, 0) is 17.6 Å². The molecule has 1 fully saturated rings. The normalized spacial score (nSPS) is 21.9. The molecule has 1 aliphatic carbocycles. The summed E-state index contributed by atoms with van der Waals surface area (Å²) in [4.78, 5) is 26.4. The van der Waals surface area contributed by atoms with Crippen LogP contribution in [0.25, 0.3) is 5.69 Å². The minimum absolute atomic E-state index is 0.221. The molecule has 1 amide bonds. The van der Waals surface area contributed by atoms with Gasteiger partial charge in [-0.15, -0.1) is 0 Å². The minimum Gasteiger partial charge on any atom is -0.481 e. The summed E-state index contributed by atoms with van der Waals surface area (Å²) in [6.45, 7) is 2.32. The number of hydrogen-bond donors (Lipinski definition) is 1. The Balaban J connectivity index is 1.71. The van der Waals surface area contributed by atoms with Gasteiger partial charge < -0.3 is 10.0 Å². The van der Waals surface area contributed by atoms with E-state index in [0.717, 1.165) is 30.5 Å². The fourth-order valence-electron chi connectivity index (χ4n) is 4.33. The Morgan fingerprint density at radius 1 is 1.26 bits per heavy atom. The number of carboxylic acids is 1. The van der Waals surface area contributed by atoms with E-state index in [4.69, 9.17) is 0 Å². The first-order chi connectivity index (χ1) is 13.0. The third-order valence-corrected chi connectivity index (χ3v) is 5.75. The van der Waals surface area contributed by atoms with Crippen LogP contribution in [0.15, 0.2) is 24.3 Å². The molecule has 27 heavy (non-hydrogen) atoms. The highest BCUT2D eigenvalue weighted by Crippen LogP contribution is 2.31. The monoisotopic (exact) mass is 371 g/mol. The number of aromatic nitrogens is 2. The number of nitrogens with zero attached hydrogens (tertiary/aromatic N) is 3. The largest absolute Gasteiger partial charge is 0.481 e. The van der Waals surface area contributed by atoms with Crippen molar-refractivity contribution in [3.8, 4) is 5.69 Å². The molecule has 1 aliphatic heterocycles. The quantitative estimate of drug-likeness (QED) is 0.900. The molecule has 0 bridgehead atoms. The van der Waals surface area contributed by atoms with Crippen molar-refractivity contribution in [1.29, 1.82) is 0 Å². The van der Waals surface area contributed by atoms with Crippen molar-refractivity contribution in [2.75, 3.05) is 6.54 Å². The smallest absolute Gasteiger partial charge is 0.308 e. The third kappa shape index (κ3) is 3.01. The second kappa shape index (κ2) is 6.79. The van der Waals surface area contributed by atoms with E-state index < -0.39 is 11.9 Å². The second-order valence-corrected chi connectivity index (χ2v) is 7.35. The average Bonchev–Trinajstić information content (AvgIpc) is 3.23. The number of aliphatic carboxylic acids is 1. The van der Waals surface area contributed by atoms with E-state index in [0.29, 0.717) is 30.8 Å². The standard InChI is InChI=1S/C20H22FN3O3/c1-12-15(20(26)27)8-4-10-23(12)19(25)18-16-7-3-9-17(16)24(22-18)14-6-2-5-13(21)11-14/h2,5-6,11-12,15H,3-4,7-10H2,1H3,(H,26,27)/t12-,15-/m1/s1. The Kier molecular flexibility index (Phi) is 4.45. The predicted octanol–water partition coefficient (Wildman–Crippen LogP) is 2.83. The Morgan fingerprint density at radius 3 is 2.81 bits per heavy atom. The number of rotatable bonds is 3. The lowest BCUT2D eigenvalue weighted by atomic mass is 9.90. The third-order valence-electron chi connectivity index (χ3n) is 5.75. The Hall–Kier alpha value is -2.70. The molecule has 1 aromatic carbocycles. The van der Waals surface area contributed by atoms with Gasteiger partial charge in [0.2, 0.25) is 0 Å². The molecule has 1 aromatic heterocycles. The number of amides is 1. The molecule has 2 atom stereocenters. The molecule has 7 heteroatoms. The predicted molar refractivity (Wildman–Crippen MR) is 96.4 cm³/mol. The van der Waals surface area contributed by atoms with Gasteiger partial charge in [-0.2, -0.15) is 5.10 Å². The first-order valence-electron chi connectivity index (χ1n) is 9.38. The van der Waals surface area contributed by atoms with Crippen LogP contribution in [0.5, 0.6) is 0 Å². The van der Waals surface area contributed by atoms with Crippen LogP contribution in [0.2, 0.25) is 0 Å². The van der Waals surface area contributed by atoms with Crippen LogP contribution in [0.3, 0.4) is 0 Å². The van der Waals surface area contributed by atoms with Gasteiger partial charge in [-0.1, -0.05) is 6.07 Å². The van der Waals surface area contributed by atoms with E-state index in [1.165, 1.54) is 12.1 Å². The molecule has 2 heterocycles. The highest BCUT2D eigenvalue weighted by Gasteiger charge is 2.38. The van der Waals surface area contributed by atoms with Crippen LogP contribution in [0.1, 0.15) is 47.9 Å². The van der Waals surface area contributed by atoms with Crippen molar-refractivity contribution in [2.24, 2.45) is 5.92 Å². The van der Waals surface area contributed by atoms with Crippen molar-refractivity contribution >= 4 is 11.9 Å². The number of halogens is 1. The zero-order valence-corrected chi connectivity index (χ0v) is 15.2. The fourth-order valence-corrected chi connectivity index (χ4v) is 4.33. The summed E-state index contributed by atoms with van der Waals surface area (Å²) < 4.78 is 15.3. The van der Waals surface area contributed by atoms with Gasteiger partial charge in [0, 0.05) is 23.8 Å². The molecule has 6 nitrogen and oxygen atoms in total.